The third-order valence-corrected chi connectivity index (χ3v) is 3.28. The van der Waals surface area contributed by atoms with E-state index in [1.165, 1.54) is 4.90 Å². The SMILES string of the molecule is CC=Cc1ccc(OCC(=O)N(C)CC(=O)NCCC)c(OC)c1. The van der Waals surface area contributed by atoms with Gasteiger partial charge in [0.2, 0.25) is 5.91 Å². The Balaban J connectivity index is 2.58. The molecule has 0 radical (unpaired) electrons. The Labute approximate surface area is 143 Å². The largest absolute Gasteiger partial charge is 0.493 e. The molecule has 0 atom stereocenters. The van der Waals surface area contributed by atoms with Gasteiger partial charge in [0.05, 0.1) is 13.7 Å². The molecule has 1 rings (SSSR count). The summed E-state index contributed by atoms with van der Waals surface area (Å²) in [5.74, 6) is 0.590. The molecule has 0 spiro atoms. The summed E-state index contributed by atoms with van der Waals surface area (Å²) in [6, 6.07) is 5.47. The molecule has 24 heavy (non-hydrogen) atoms. The van der Waals surface area contributed by atoms with Gasteiger partial charge in [-0.15, -0.1) is 0 Å². The highest BCUT2D eigenvalue weighted by molar-refractivity contribution is 5.85. The van der Waals surface area contributed by atoms with Crippen LogP contribution in [0, 0.1) is 0 Å². The standard InChI is InChI=1S/C18H26N2O4/c1-5-7-14-8-9-15(16(11-14)23-4)24-13-18(22)20(3)12-17(21)19-10-6-2/h5,7-9,11H,6,10,12-13H2,1-4H3,(H,19,21). The maximum absolute atomic E-state index is 12.1. The first kappa shape index (κ1) is 19.5. The van der Waals surface area contributed by atoms with E-state index in [2.05, 4.69) is 5.32 Å². The second-order valence-corrected chi connectivity index (χ2v) is 5.30. The van der Waals surface area contributed by atoms with Crippen molar-refractivity contribution < 1.29 is 19.1 Å². The van der Waals surface area contributed by atoms with Crippen LogP contribution < -0.4 is 14.8 Å². The van der Waals surface area contributed by atoms with Gasteiger partial charge in [0.15, 0.2) is 18.1 Å². The topological polar surface area (TPSA) is 67.9 Å². The number of nitrogens with one attached hydrogen (secondary N) is 1. The van der Waals surface area contributed by atoms with Crippen LogP contribution in [0.25, 0.3) is 6.08 Å². The van der Waals surface area contributed by atoms with Crippen LogP contribution in [0.1, 0.15) is 25.8 Å². The number of ether oxygens (including phenoxy) is 2. The number of carbonyl (C=O) groups is 2. The number of carbonyl (C=O) groups excluding carboxylic acids is 2. The normalized spacial score (nSPS) is 10.5. The number of methoxy groups -OCH3 is 1. The van der Waals surface area contributed by atoms with Crippen LogP contribution in [0.3, 0.4) is 0 Å². The summed E-state index contributed by atoms with van der Waals surface area (Å²) < 4.78 is 10.8. The number of hydrogen-bond donors (Lipinski definition) is 1. The third kappa shape index (κ3) is 6.32. The fourth-order valence-corrected chi connectivity index (χ4v) is 1.97. The molecule has 0 fully saturated rings. The van der Waals surface area contributed by atoms with Gasteiger partial charge < -0.3 is 19.7 Å². The van der Waals surface area contributed by atoms with E-state index in [0.29, 0.717) is 18.0 Å². The Kier molecular flexibility index (Phi) is 8.39. The number of amides is 2. The van der Waals surface area contributed by atoms with Crippen molar-refractivity contribution in [1.82, 2.24) is 10.2 Å². The quantitative estimate of drug-likeness (QED) is 0.751. The molecular weight excluding hydrogens is 308 g/mol. The molecule has 0 unspecified atom stereocenters. The fraction of sp³-hybridized carbons (Fsp3) is 0.444. The van der Waals surface area contributed by atoms with Gasteiger partial charge in [0.1, 0.15) is 0 Å². The summed E-state index contributed by atoms with van der Waals surface area (Å²) in [5.41, 5.74) is 0.984. The van der Waals surface area contributed by atoms with E-state index in [1.807, 2.05) is 38.1 Å². The molecule has 1 N–H and O–H groups in total. The first-order chi connectivity index (χ1) is 11.5. The molecule has 1 aromatic carbocycles. The molecular formula is C18H26N2O4. The molecule has 0 aromatic heterocycles. The average molecular weight is 334 g/mol. The molecule has 0 aliphatic carbocycles. The predicted octanol–water partition coefficient (Wildman–Crippen LogP) is 2.09. The first-order valence-electron chi connectivity index (χ1n) is 7.96. The molecule has 6 nitrogen and oxygen atoms in total. The zero-order valence-electron chi connectivity index (χ0n) is 14.8. The number of allylic oxidation sites excluding steroid dienone is 1. The van der Waals surface area contributed by atoms with Crippen LogP contribution in [0.4, 0.5) is 0 Å². The van der Waals surface area contributed by atoms with Crippen molar-refractivity contribution in [2.75, 3.05) is 33.9 Å². The number of rotatable bonds is 9. The monoisotopic (exact) mass is 334 g/mol. The zero-order valence-corrected chi connectivity index (χ0v) is 14.8. The van der Waals surface area contributed by atoms with Crippen LogP contribution in [-0.4, -0.2) is 50.6 Å². The van der Waals surface area contributed by atoms with Crippen LogP contribution in [0.2, 0.25) is 0 Å². The van der Waals surface area contributed by atoms with Crippen LogP contribution in [-0.2, 0) is 9.59 Å². The molecule has 0 heterocycles. The Morgan fingerprint density at radius 3 is 2.67 bits per heavy atom. The van der Waals surface area contributed by atoms with Crippen molar-refractivity contribution >= 4 is 17.9 Å². The minimum absolute atomic E-state index is 0.0135. The van der Waals surface area contributed by atoms with Crippen molar-refractivity contribution in [3.8, 4) is 11.5 Å². The number of benzene rings is 1. The lowest BCUT2D eigenvalue weighted by molar-refractivity contribution is -0.136. The second-order valence-electron chi connectivity index (χ2n) is 5.30. The molecule has 2 amide bonds. The van der Waals surface area contributed by atoms with Crippen molar-refractivity contribution in [3.05, 3.63) is 29.8 Å². The van der Waals surface area contributed by atoms with Gasteiger partial charge in [-0.2, -0.15) is 0 Å². The van der Waals surface area contributed by atoms with Gasteiger partial charge >= 0.3 is 0 Å². The minimum atomic E-state index is -0.277. The Bertz CT molecular complexity index is 584. The summed E-state index contributed by atoms with van der Waals surface area (Å²) in [6.07, 6.45) is 4.73. The molecule has 0 bridgehead atoms. The third-order valence-electron chi connectivity index (χ3n) is 3.28. The molecule has 0 aliphatic rings. The van der Waals surface area contributed by atoms with Crippen molar-refractivity contribution in [2.45, 2.75) is 20.3 Å². The number of hydrogen-bond acceptors (Lipinski definition) is 4. The van der Waals surface area contributed by atoms with E-state index in [1.54, 1.807) is 20.2 Å². The van der Waals surface area contributed by atoms with Crippen molar-refractivity contribution in [1.29, 1.82) is 0 Å². The maximum atomic E-state index is 12.1. The second kappa shape index (κ2) is 10.3. The molecule has 0 saturated heterocycles. The van der Waals surface area contributed by atoms with E-state index in [0.717, 1.165) is 12.0 Å². The Morgan fingerprint density at radius 1 is 1.29 bits per heavy atom. The highest BCUT2D eigenvalue weighted by Gasteiger charge is 2.14. The van der Waals surface area contributed by atoms with Crippen LogP contribution in [0.5, 0.6) is 11.5 Å². The molecule has 0 aliphatic heterocycles. The van der Waals surface area contributed by atoms with E-state index in [-0.39, 0.29) is 25.0 Å². The predicted molar refractivity (Wildman–Crippen MR) is 94.1 cm³/mol. The number of likely N-dealkylation sites (N-methyl/N-ethyl adjacent to an activating group) is 1. The van der Waals surface area contributed by atoms with Gasteiger partial charge in [0.25, 0.3) is 5.91 Å². The Morgan fingerprint density at radius 2 is 2.04 bits per heavy atom. The van der Waals surface area contributed by atoms with Gasteiger partial charge in [-0.3, -0.25) is 9.59 Å². The van der Waals surface area contributed by atoms with E-state index in [9.17, 15) is 9.59 Å². The van der Waals surface area contributed by atoms with Gasteiger partial charge in [-0.1, -0.05) is 25.1 Å². The number of nitrogens with zero attached hydrogens (tertiary/aromatic N) is 1. The summed E-state index contributed by atoms with van der Waals surface area (Å²) >= 11 is 0. The van der Waals surface area contributed by atoms with E-state index >= 15 is 0 Å². The highest BCUT2D eigenvalue weighted by atomic mass is 16.5. The van der Waals surface area contributed by atoms with Gasteiger partial charge in [-0.25, -0.2) is 0 Å². The summed E-state index contributed by atoms with van der Waals surface area (Å²) in [6.45, 7) is 4.36. The van der Waals surface area contributed by atoms with Crippen molar-refractivity contribution in [3.63, 3.8) is 0 Å². The fourth-order valence-electron chi connectivity index (χ4n) is 1.97. The smallest absolute Gasteiger partial charge is 0.260 e. The first-order valence-corrected chi connectivity index (χ1v) is 7.96. The highest BCUT2D eigenvalue weighted by Crippen LogP contribution is 2.28. The summed E-state index contributed by atoms with van der Waals surface area (Å²) in [7, 11) is 3.12. The lowest BCUT2D eigenvalue weighted by atomic mass is 10.2. The average Bonchev–Trinajstić information content (AvgIpc) is 2.58. The summed E-state index contributed by atoms with van der Waals surface area (Å²) in [4.78, 5) is 25.0. The van der Waals surface area contributed by atoms with Crippen molar-refractivity contribution in [2.24, 2.45) is 0 Å². The summed E-state index contributed by atoms with van der Waals surface area (Å²) in [5, 5.41) is 2.73. The van der Waals surface area contributed by atoms with Crippen LogP contribution in [0.15, 0.2) is 24.3 Å². The minimum Gasteiger partial charge on any atom is -0.493 e. The zero-order chi connectivity index (χ0) is 17.9. The molecule has 0 saturated carbocycles. The van der Waals surface area contributed by atoms with E-state index < -0.39 is 0 Å². The lowest BCUT2D eigenvalue weighted by Crippen LogP contribution is -2.40. The van der Waals surface area contributed by atoms with E-state index in [4.69, 9.17) is 9.47 Å². The Hall–Kier alpha value is -2.50. The maximum Gasteiger partial charge on any atom is 0.260 e. The van der Waals surface area contributed by atoms with Crippen LogP contribution >= 0.6 is 0 Å². The van der Waals surface area contributed by atoms with Gasteiger partial charge in [-0.05, 0) is 31.0 Å². The van der Waals surface area contributed by atoms with Gasteiger partial charge in [0, 0.05) is 13.6 Å². The molecule has 1 aromatic rings. The molecule has 6 heteroatoms. The lowest BCUT2D eigenvalue weighted by Gasteiger charge is -2.17. The molecule has 132 valence electrons.